The highest BCUT2D eigenvalue weighted by Gasteiger charge is 2.14. The zero-order chi connectivity index (χ0) is 11.1. The first-order valence-electron chi connectivity index (χ1n) is 5.63. The standard InChI is InChI=1S/C14H19N/c1-5-11-6-7-13-12(10-11)8-9-15(13)14(2,3)4/h6-10H,5H2,1-4H3. The maximum Gasteiger partial charge on any atom is 0.0485 e. The van der Waals surface area contributed by atoms with Crippen LogP contribution in [0.15, 0.2) is 30.5 Å². The second-order valence-electron chi connectivity index (χ2n) is 5.10. The van der Waals surface area contributed by atoms with E-state index in [4.69, 9.17) is 0 Å². The van der Waals surface area contributed by atoms with Crippen LogP contribution in [0.2, 0.25) is 0 Å². The number of benzene rings is 1. The van der Waals surface area contributed by atoms with Crippen molar-refractivity contribution in [2.24, 2.45) is 0 Å². The van der Waals surface area contributed by atoms with Gasteiger partial charge >= 0.3 is 0 Å². The number of rotatable bonds is 1. The number of nitrogens with zero attached hydrogens (tertiary/aromatic N) is 1. The van der Waals surface area contributed by atoms with E-state index in [1.165, 1.54) is 16.5 Å². The molecule has 0 bridgehead atoms. The molecule has 0 saturated heterocycles. The highest BCUT2D eigenvalue weighted by molar-refractivity contribution is 5.81. The van der Waals surface area contributed by atoms with E-state index in [-0.39, 0.29) is 5.54 Å². The lowest BCUT2D eigenvalue weighted by atomic mass is 10.1. The Kier molecular flexibility index (Phi) is 2.34. The van der Waals surface area contributed by atoms with Crippen LogP contribution in [0, 0.1) is 0 Å². The van der Waals surface area contributed by atoms with Crippen LogP contribution in [0.5, 0.6) is 0 Å². The third-order valence-electron chi connectivity index (χ3n) is 2.89. The molecule has 0 spiro atoms. The molecule has 0 aliphatic heterocycles. The van der Waals surface area contributed by atoms with Gasteiger partial charge in [0.2, 0.25) is 0 Å². The Morgan fingerprint density at radius 2 is 1.87 bits per heavy atom. The van der Waals surface area contributed by atoms with Crippen molar-refractivity contribution >= 4 is 10.9 Å². The van der Waals surface area contributed by atoms with Gasteiger partial charge in [-0.3, -0.25) is 0 Å². The number of hydrogen-bond acceptors (Lipinski definition) is 0. The van der Waals surface area contributed by atoms with E-state index in [0.717, 1.165) is 6.42 Å². The van der Waals surface area contributed by atoms with E-state index in [1.54, 1.807) is 0 Å². The Balaban J connectivity index is 2.62. The Morgan fingerprint density at radius 3 is 2.47 bits per heavy atom. The van der Waals surface area contributed by atoms with Crippen molar-refractivity contribution in [1.82, 2.24) is 4.57 Å². The van der Waals surface area contributed by atoms with Crippen LogP contribution in [-0.2, 0) is 12.0 Å². The molecule has 2 rings (SSSR count). The van der Waals surface area contributed by atoms with E-state index in [2.05, 4.69) is 62.7 Å². The first-order chi connectivity index (χ1) is 7.02. The van der Waals surface area contributed by atoms with Gasteiger partial charge in [0.05, 0.1) is 0 Å². The highest BCUT2D eigenvalue weighted by atomic mass is 15.0. The zero-order valence-electron chi connectivity index (χ0n) is 10.0. The number of aromatic nitrogens is 1. The van der Waals surface area contributed by atoms with E-state index >= 15 is 0 Å². The summed E-state index contributed by atoms with van der Waals surface area (Å²) in [7, 11) is 0. The quantitative estimate of drug-likeness (QED) is 0.658. The molecule has 1 nitrogen and oxygen atoms in total. The molecule has 1 heterocycles. The second-order valence-corrected chi connectivity index (χ2v) is 5.10. The third kappa shape index (κ3) is 1.79. The fourth-order valence-electron chi connectivity index (χ4n) is 2.00. The molecule has 0 aliphatic carbocycles. The second kappa shape index (κ2) is 3.41. The lowest BCUT2D eigenvalue weighted by Gasteiger charge is -2.22. The van der Waals surface area contributed by atoms with E-state index in [9.17, 15) is 0 Å². The van der Waals surface area contributed by atoms with Crippen molar-refractivity contribution in [3.05, 3.63) is 36.0 Å². The molecule has 0 radical (unpaired) electrons. The van der Waals surface area contributed by atoms with Crippen molar-refractivity contribution < 1.29 is 0 Å². The van der Waals surface area contributed by atoms with Crippen LogP contribution < -0.4 is 0 Å². The molecule has 0 amide bonds. The Morgan fingerprint density at radius 1 is 1.13 bits per heavy atom. The lowest BCUT2D eigenvalue weighted by molar-refractivity contribution is 0.411. The topological polar surface area (TPSA) is 4.93 Å². The molecule has 0 fully saturated rings. The largest absolute Gasteiger partial charge is 0.342 e. The van der Waals surface area contributed by atoms with E-state index in [0.29, 0.717) is 0 Å². The van der Waals surface area contributed by atoms with Gasteiger partial charge in [0.25, 0.3) is 0 Å². The summed E-state index contributed by atoms with van der Waals surface area (Å²) in [6.45, 7) is 8.91. The minimum Gasteiger partial charge on any atom is -0.342 e. The van der Waals surface area contributed by atoms with E-state index in [1.807, 2.05) is 0 Å². The first-order valence-corrected chi connectivity index (χ1v) is 5.63. The van der Waals surface area contributed by atoms with Gasteiger partial charge < -0.3 is 4.57 Å². The smallest absolute Gasteiger partial charge is 0.0485 e. The van der Waals surface area contributed by atoms with Gasteiger partial charge in [-0.15, -0.1) is 0 Å². The van der Waals surface area contributed by atoms with E-state index < -0.39 is 0 Å². The molecule has 0 saturated carbocycles. The first kappa shape index (κ1) is 10.3. The average Bonchev–Trinajstić information content (AvgIpc) is 2.59. The third-order valence-corrected chi connectivity index (χ3v) is 2.89. The van der Waals surface area contributed by atoms with Crippen LogP contribution in [0.25, 0.3) is 10.9 Å². The van der Waals surface area contributed by atoms with Crippen LogP contribution in [0.1, 0.15) is 33.3 Å². The van der Waals surface area contributed by atoms with Gasteiger partial charge in [-0.1, -0.05) is 13.0 Å². The molecule has 1 heteroatoms. The van der Waals surface area contributed by atoms with Crippen LogP contribution >= 0.6 is 0 Å². The zero-order valence-corrected chi connectivity index (χ0v) is 10.0. The number of hydrogen-bond donors (Lipinski definition) is 0. The highest BCUT2D eigenvalue weighted by Crippen LogP contribution is 2.24. The summed E-state index contributed by atoms with van der Waals surface area (Å²) >= 11 is 0. The molecular formula is C14H19N. The van der Waals surface area contributed by atoms with Crippen molar-refractivity contribution in [2.75, 3.05) is 0 Å². The van der Waals surface area contributed by atoms with Gasteiger partial charge in [0.15, 0.2) is 0 Å². The van der Waals surface area contributed by atoms with Crippen LogP contribution in [0.4, 0.5) is 0 Å². The van der Waals surface area contributed by atoms with Crippen molar-refractivity contribution in [3.63, 3.8) is 0 Å². The fraction of sp³-hybridized carbons (Fsp3) is 0.429. The van der Waals surface area contributed by atoms with Gasteiger partial charge in [0.1, 0.15) is 0 Å². The molecular weight excluding hydrogens is 182 g/mol. The minimum atomic E-state index is 0.162. The van der Waals surface area contributed by atoms with Crippen molar-refractivity contribution in [2.45, 2.75) is 39.7 Å². The summed E-state index contributed by atoms with van der Waals surface area (Å²) in [5.74, 6) is 0. The monoisotopic (exact) mass is 201 g/mol. The summed E-state index contributed by atoms with van der Waals surface area (Å²) < 4.78 is 2.34. The van der Waals surface area contributed by atoms with Gasteiger partial charge in [0, 0.05) is 17.3 Å². The molecule has 1 aromatic heterocycles. The summed E-state index contributed by atoms with van der Waals surface area (Å²) in [5.41, 5.74) is 2.91. The van der Waals surface area contributed by atoms with Crippen molar-refractivity contribution in [1.29, 1.82) is 0 Å². The van der Waals surface area contributed by atoms with Crippen LogP contribution in [0.3, 0.4) is 0 Å². The lowest BCUT2D eigenvalue weighted by Crippen LogP contribution is -2.20. The summed E-state index contributed by atoms with van der Waals surface area (Å²) in [6.07, 6.45) is 3.29. The van der Waals surface area contributed by atoms with Crippen LogP contribution in [-0.4, -0.2) is 4.57 Å². The summed E-state index contributed by atoms with van der Waals surface area (Å²) in [6, 6.07) is 8.96. The Hall–Kier alpha value is -1.24. The van der Waals surface area contributed by atoms with Crippen molar-refractivity contribution in [3.8, 4) is 0 Å². The Labute approximate surface area is 91.7 Å². The molecule has 80 valence electrons. The number of aryl methyl sites for hydroxylation is 1. The predicted molar refractivity (Wildman–Crippen MR) is 66.3 cm³/mol. The average molecular weight is 201 g/mol. The van der Waals surface area contributed by atoms with Gasteiger partial charge in [-0.05, 0) is 56.3 Å². The SMILES string of the molecule is CCc1ccc2c(ccn2C(C)(C)C)c1. The summed E-state index contributed by atoms with van der Waals surface area (Å²) in [4.78, 5) is 0. The predicted octanol–water partition coefficient (Wildman–Crippen LogP) is 3.96. The summed E-state index contributed by atoms with van der Waals surface area (Å²) in [5, 5.41) is 1.35. The normalized spacial score (nSPS) is 12.3. The molecule has 0 aliphatic rings. The number of fused-ring (bicyclic) bond motifs is 1. The fourth-order valence-corrected chi connectivity index (χ4v) is 2.00. The molecule has 15 heavy (non-hydrogen) atoms. The molecule has 0 N–H and O–H groups in total. The maximum absolute atomic E-state index is 2.34. The molecule has 0 atom stereocenters. The Bertz CT molecular complexity index is 472. The van der Waals surface area contributed by atoms with Gasteiger partial charge in [-0.25, -0.2) is 0 Å². The molecule has 1 aromatic carbocycles. The maximum atomic E-state index is 2.34. The van der Waals surface area contributed by atoms with Gasteiger partial charge in [-0.2, -0.15) is 0 Å². The minimum absolute atomic E-state index is 0.162. The molecule has 2 aromatic rings. The molecule has 0 unspecified atom stereocenters.